The van der Waals surface area contributed by atoms with Gasteiger partial charge in [0.2, 0.25) is 0 Å². The van der Waals surface area contributed by atoms with Crippen molar-refractivity contribution in [3.8, 4) is 16.9 Å². The van der Waals surface area contributed by atoms with Crippen molar-refractivity contribution >= 4 is 16.9 Å². The second-order valence-electron chi connectivity index (χ2n) is 8.04. The lowest BCUT2D eigenvalue weighted by Gasteiger charge is -2.34. The van der Waals surface area contributed by atoms with Gasteiger partial charge < -0.3 is 14.1 Å². The van der Waals surface area contributed by atoms with Gasteiger partial charge in [-0.2, -0.15) is 0 Å². The summed E-state index contributed by atoms with van der Waals surface area (Å²) in [6, 6.07) is 14.5. The van der Waals surface area contributed by atoms with Gasteiger partial charge in [0.15, 0.2) is 12.0 Å². The van der Waals surface area contributed by atoms with E-state index in [-0.39, 0.29) is 17.9 Å². The normalized spacial score (nSPS) is 19.3. The van der Waals surface area contributed by atoms with Crippen LogP contribution in [0, 0.1) is 11.8 Å². The van der Waals surface area contributed by atoms with Crippen LogP contribution < -0.4 is 10.2 Å². The molecule has 1 saturated heterocycles. The first kappa shape index (κ1) is 19.2. The molecular weight excluding hydrogens is 366 g/mol. The van der Waals surface area contributed by atoms with Gasteiger partial charge in [-0.05, 0) is 36.0 Å². The Morgan fingerprint density at radius 1 is 1.10 bits per heavy atom. The van der Waals surface area contributed by atoms with Crippen molar-refractivity contribution in [3.05, 3.63) is 65.0 Å². The summed E-state index contributed by atoms with van der Waals surface area (Å²) >= 11 is 0. The van der Waals surface area contributed by atoms with E-state index in [1.54, 1.807) is 18.2 Å². The number of rotatable bonds is 4. The van der Waals surface area contributed by atoms with Crippen LogP contribution in [0.4, 0.5) is 0 Å². The highest BCUT2D eigenvalue weighted by molar-refractivity contribution is 5.83. The van der Waals surface area contributed by atoms with Crippen molar-refractivity contribution in [2.24, 2.45) is 11.8 Å². The molecule has 2 atom stereocenters. The number of carbonyl (C=O) groups is 1. The summed E-state index contributed by atoms with van der Waals surface area (Å²) in [7, 11) is 0. The lowest BCUT2D eigenvalue weighted by Crippen LogP contribution is -2.44. The van der Waals surface area contributed by atoms with Crippen LogP contribution in [0.2, 0.25) is 0 Å². The quantitative estimate of drug-likeness (QED) is 0.664. The number of hydrogen-bond donors (Lipinski definition) is 0. The molecule has 0 unspecified atom stereocenters. The molecule has 0 saturated carbocycles. The first-order valence-electron chi connectivity index (χ1n) is 10.0. The van der Waals surface area contributed by atoms with Gasteiger partial charge in [-0.1, -0.05) is 44.2 Å². The zero-order valence-electron chi connectivity index (χ0n) is 16.8. The van der Waals surface area contributed by atoms with E-state index in [1.807, 2.05) is 35.2 Å². The molecule has 0 radical (unpaired) electrons. The Bertz CT molecular complexity index is 1060. The summed E-state index contributed by atoms with van der Waals surface area (Å²) in [5.74, 6) is 1.52. The first-order chi connectivity index (χ1) is 14.0. The summed E-state index contributed by atoms with van der Waals surface area (Å²) in [6.45, 7) is 5.89. The number of nitrogens with zero attached hydrogens (tertiary/aromatic N) is 1. The fraction of sp³-hybridized carbons (Fsp3) is 0.333. The summed E-state index contributed by atoms with van der Waals surface area (Å²) in [5, 5.41) is 0.490. The van der Waals surface area contributed by atoms with Crippen molar-refractivity contribution in [2.75, 3.05) is 19.7 Å². The number of fused-ring (bicyclic) bond motifs is 1. The van der Waals surface area contributed by atoms with Gasteiger partial charge in [0, 0.05) is 19.2 Å². The first-order valence-corrected chi connectivity index (χ1v) is 10.0. The second kappa shape index (κ2) is 8.11. The molecule has 2 aromatic carbocycles. The van der Waals surface area contributed by atoms with Gasteiger partial charge in [-0.3, -0.25) is 9.59 Å². The number of amides is 1. The molecule has 4 rings (SSSR count). The Morgan fingerprint density at radius 3 is 2.55 bits per heavy atom. The van der Waals surface area contributed by atoms with Crippen LogP contribution in [0.25, 0.3) is 22.1 Å². The van der Waals surface area contributed by atoms with Crippen LogP contribution in [0.3, 0.4) is 0 Å². The van der Waals surface area contributed by atoms with E-state index >= 15 is 0 Å². The van der Waals surface area contributed by atoms with Crippen molar-refractivity contribution in [1.29, 1.82) is 0 Å². The molecule has 2 heterocycles. The Labute approximate surface area is 169 Å². The summed E-state index contributed by atoms with van der Waals surface area (Å²) in [5.41, 5.74) is 1.70. The Hall–Kier alpha value is -3.08. The number of piperidine rings is 1. The number of hydrogen-bond acceptors (Lipinski definition) is 4. The van der Waals surface area contributed by atoms with Gasteiger partial charge in [-0.25, -0.2) is 0 Å². The van der Waals surface area contributed by atoms with Crippen LogP contribution in [0.1, 0.15) is 20.3 Å². The number of ether oxygens (including phenoxy) is 1. The van der Waals surface area contributed by atoms with Crippen LogP contribution >= 0.6 is 0 Å². The highest BCUT2D eigenvalue weighted by Gasteiger charge is 2.25. The Balaban J connectivity index is 1.49. The average molecular weight is 391 g/mol. The van der Waals surface area contributed by atoms with Gasteiger partial charge in [0.25, 0.3) is 5.91 Å². The molecule has 29 heavy (non-hydrogen) atoms. The zero-order valence-corrected chi connectivity index (χ0v) is 16.8. The van der Waals surface area contributed by atoms with E-state index in [1.165, 1.54) is 6.26 Å². The van der Waals surface area contributed by atoms with E-state index in [9.17, 15) is 9.59 Å². The fourth-order valence-electron chi connectivity index (χ4n) is 4.12. The summed E-state index contributed by atoms with van der Waals surface area (Å²) in [6.07, 6.45) is 2.63. The maximum Gasteiger partial charge on any atom is 0.260 e. The molecule has 1 aliphatic rings. The number of likely N-dealkylation sites (tertiary alicyclic amines) is 1. The van der Waals surface area contributed by atoms with Gasteiger partial charge >= 0.3 is 0 Å². The van der Waals surface area contributed by atoms with E-state index in [4.69, 9.17) is 9.15 Å². The van der Waals surface area contributed by atoms with E-state index in [0.29, 0.717) is 34.1 Å². The Kier molecular flexibility index (Phi) is 5.38. The lowest BCUT2D eigenvalue weighted by molar-refractivity contribution is -0.136. The predicted molar refractivity (Wildman–Crippen MR) is 113 cm³/mol. The highest BCUT2D eigenvalue weighted by atomic mass is 16.5. The van der Waals surface area contributed by atoms with Crippen molar-refractivity contribution in [3.63, 3.8) is 0 Å². The molecular formula is C24H25NO4. The molecule has 0 aliphatic carbocycles. The predicted octanol–water partition coefficient (Wildman–Crippen LogP) is 4.34. The van der Waals surface area contributed by atoms with Crippen molar-refractivity contribution in [1.82, 2.24) is 4.90 Å². The highest BCUT2D eigenvalue weighted by Crippen LogP contribution is 2.24. The molecule has 5 heteroatoms. The van der Waals surface area contributed by atoms with Crippen LogP contribution in [-0.4, -0.2) is 30.5 Å². The smallest absolute Gasteiger partial charge is 0.260 e. The van der Waals surface area contributed by atoms with E-state index in [2.05, 4.69) is 13.8 Å². The minimum absolute atomic E-state index is 0.00984. The maximum atomic E-state index is 12.8. The molecule has 0 N–H and O–H groups in total. The lowest BCUT2D eigenvalue weighted by atomic mass is 9.92. The molecule has 1 fully saturated rings. The number of carbonyl (C=O) groups excluding carboxylic acids is 1. The molecule has 1 aromatic heterocycles. The van der Waals surface area contributed by atoms with Crippen molar-refractivity contribution in [2.45, 2.75) is 20.3 Å². The van der Waals surface area contributed by atoms with Crippen LogP contribution in [0.15, 0.2) is 64.0 Å². The third kappa shape index (κ3) is 4.19. The van der Waals surface area contributed by atoms with Gasteiger partial charge in [-0.15, -0.1) is 0 Å². The largest absolute Gasteiger partial charge is 0.484 e. The molecule has 0 spiro atoms. The third-order valence-electron chi connectivity index (χ3n) is 5.41. The maximum absolute atomic E-state index is 12.8. The monoisotopic (exact) mass is 391 g/mol. The van der Waals surface area contributed by atoms with E-state index < -0.39 is 0 Å². The topological polar surface area (TPSA) is 59.8 Å². The molecule has 1 amide bonds. The molecule has 5 nitrogen and oxygen atoms in total. The molecule has 3 aromatic rings. The van der Waals surface area contributed by atoms with Crippen LogP contribution in [-0.2, 0) is 4.79 Å². The molecule has 150 valence electrons. The molecule has 0 bridgehead atoms. The summed E-state index contributed by atoms with van der Waals surface area (Å²) < 4.78 is 11.4. The van der Waals surface area contributed by atoms with Crippen molar-refractivity contribution < 1.29 is 13.9 Å². The standard InChI is InChI=1S/C24H25NO4/c1-16-10-17(2)13-25(12-16)23(26)15-28-19-8-9-20-22(11-19)29-14-21(24(20)27)18-6-4-3-5-7-18/h3-9,11,14,16-17H,10,12-13,15H2,1-2H3/t16-,17+. The second-order valence-corrected chi connectivity index (χ2v) is 8.04. The molecule has 1 aliphatic heterocycles. The minimum Gasteiger partial charge on any atom is -0.484 e. The zero-order chi connectivity index (χ0) is 20.4. The van der Waals surface area contributed by atoms with Gasteiger partial charge in [0.1, 0.15) is 17.6 Å². The average Bonchev–Trinajstić information content (AvgIpc) is 2.72. The van der Waals surface area contributed by atoms with Crippen LogP contribution in [0.5, 0.6) is 5.75 Å². The number of benzene rings is 2. The fourth-order valence-corrected chi connectivity index (χ4v) is 4.12. The van der Waals surface area contributed by atoms with E-state index in [0.717, 1.165) is 25.1 Å². The minimum atomic E-state index is -0.0867. The third-order valence-corrected chi connectivity index (χ3v) is 5.41. The Morgan fingerprint density at radius 2 is 1.83 bits per heavy atom. The summed E-state index contributed by atoms with van der Waals surface area (Å²) in [4.78, 5) is 27.2. The van der Waals surface area contributed by atoms with Gasteiger partial charge in [0.05, 0.1) is 10.9 Å². The SMILES string of the molecule is C[C@@H]1C[C@H](C)CN(C(=O)COc2ccc3c(=O)c(-c4ccccc4)coc3c2)C1.